The molecule has 21 heavy (non-hydrogen) atoms. The van der Waals surface area contributed by atoms with E-state index in [2.05, 4.69) is 21.4 Å². The van der Waals surface area contributed by atoms with Gasteiger partial charge in [0.2, 0.25) is 0 Å². The van der Waals surface area contributed by atoms with Crippen molar-refractivity contribution in [1.82, 2.24) is 5.43 Å². The minimum absolute atomic E-state index is 0.273. The summed E-state index contributed by atoms with van der Waals surface area (Å²) in [4.78, 5) is 13.2. The largest absolute Gasteiger partial charge is 0.489 e. The van der Waals surface area contributed by atoms with Crippen molar-refractivity contribution >= 4 is 33.2 Å². The second-order valence-electron chi connectivity index (χ2n) is 4.83. The number of benzene rings is 1. The molecule has 0 atom stereocenters. The van der Waals surface area contributed by atoms with Crippen LogP contribution in [-0.2, 0) is 6.61 Å². The maximum Gasteiger partial charge on any atom is 0.275 e. The first-order valence-electron chi connectivity index (χ1n) is 6.42. The van der Waals surface area contributed by atoms with E-state index in [4.69, 9.17) is 10.6 Å². The molecule has 1 amide bonds. The first-order valence-corrected chi connectivity index (χ1v) is 8.03. The zero-order chi connectivity index (χ0) is 15.6. The van der Waals surface area contributed by atoms with Crippen LogP contribution in [0.2, 0.25) is 0 Å². The van der Waals surface area contributed by atoms with Crippen LogP contribution in [-0.4, -0.2) is 5.91 Å². The summed E-state index contributed by atoms with van der Waals surface area (Å²) in [6.07, 6.45) is 0. The number of thiophene rings is 1. The maximum absolute atomic E-state index is 11.5. The van der Waals surface area contributed by atoms with Crippen molar-refractivity contribution < 1.29 is 9.53 Å². The molecule has 1 aromatic carbocycles. The van der Waals surface area contributed by atoms with Crippen molar-refractivity contribution in [2.24, 2.45) is 5.84 Å². The molecule has 1 aromatic heterocycles. The minimum Gasteiger partial charge on any atom is -0.489 e. The third-order valence-electron chi connectivity index (χ3n) is 3.18. The molecule has 0 bridgehead atoms. The molecule has 0 aliphatic carbocycles. The lowest BCUT2D eigenvalue weighted by Gasteiger charge is -2.10. The topological polar surface area (TPSA) is 64.3 Å². The number of halogens is 1. The molecule has 0 aliphatic heterocycles. The van der Waals surface area contributed by atoms with Crippen molar-refractivity contribution in [3.05, 3.63) is 49.1 Å². The Hall–Kier alpha value is -1.37. The standard InChI is InChI=1S/C15H17BrN2O2S/c1-8-4-12(5-9(2)14(8)16)20-7-11-6-13(15(19)18-17)21-10(11)3/h4-6H,7,17H2,1-3H3,(H,18,19). The molecule has 0 fully saturated rings. The van der Waals surface area contributed by atoms with Gasteiger partial charge in [0.25, 0.3) is 5.91 Å². The van der Waals surface area contributed by atoms with Gasteiger partial charge in [0.05, 0.1) is 4.88 Å². The zero-order valence-corrected chi connectivity index (χ0v) is 14.5. The number of hydrogen-bond donors (Lipinski definition) is 2. The number of nitrogens with two attached hydrogens (primary N) is 1. The van der Waals surface area contributed by atoms with E-state index in [9.17, 15) is 4.79 Å². The summed E-state index contributed by atoms with van der Waals surface area (Å²) in [5.41, 5.74) is 5.41. The van der Waals surface area contributed by atoms with Gasteiger partial charge in [0.15, 0.2) is 0 Å². The Bertz CT molecular complexity index is 659. The highest BCUT2D eigenvalue weighted by atomic mass is 79.9. The Morgan fingerprint density at radius 2 is 1.90 bits per heavy atom. The molecule has 0 radical (unpaired) electrons. The first kappa shape index (κ1) is 16.0. The van der Waals surface area contributed by atoms with Crippen LogP contribution >= 0.6 is 27.3 Å². The molecule has 0 unspecified atom stereocenters. The first-order chi connectivity index (χ1) is 9.92. The third kappa shape index (κ3) is 3.64. The smallest absolute Gasteiger partial charge is 0.275 e. The lowest BCUT2D eigenvalue weighted by Crippen LogP contribution is -2.29. The van der Waals surface area contributed by atoms with Gasteiger partial charge in [-0.25, -0.2) is 5.84 Å². The monoisotopic (exact) mass is 368 g/mol. The Morgan fingerprint density at radius 3 is 2.48 bits per heavy atom. The number of carbonyl (C=O) groups excluding carboxylic acids is 1. The van der Waals surface area contributed by atoms with Gasteiger partial charge < -0.3 is 4.74 Å². The van der Waals surface area contributed by atoms with Crippen LogP contribution in [0.15, 0.2) is 22.7 Å². The number of aryl methyl sites for hydroxylation is 3. The van der Waals surface area contributed by atoms with E-state index in [-0.39, 0.29) is 5.91 Å². The molecule has 4 nitrogen and oxygen atoms in total. The normalized spacial score (nSPS) is 10.5. The van der Waals surface area contributed by atoms with Gasteiger partial charge in [0, 0.05) is 14.9 Å². The number of nitrogen functional groups attached to an aromatic ring is 1. The van der Waals surface area contributed by atoms with Crippen molar-refractivity contribution in [1.29, 1.82) is 0 Å². The van der Waals surface area contributed by atoms with Crippen molar-refractivity contribution in [2.45, 2.75) is 27.4 Å². The second-order valence-corrected chi connectivity index (χ2v) is 6.87. The van der Waals surface area contributed by atoms with E-state index in [0.29, 0.717) is 11.5 Å². The van der Waals surface area contributed by atoms with E-state index in [1.54, 1.807) is 0 Å². The fourth-order valence-electron chi connectivity index (χ4n) is 2.00. The molecular weight excluding hydrogens is 352 g/mol. The Morgan fingerprint density at radius 1 is 1.29 bits per heavy atom. The number of rotatable bonds is 4. The van der Waals surface area contributed by atoms with Gasteiger partial charge in [-0.3, -0.25) is 10.2 Å². The Balaban J connectivity index is 2.13. The van der Waals surface area contributed by atoms with Crippen molar-refractivity contribution in [3.8, 4) is 5.75 Å². The molecule has 6 heteroatoms. The number of hydrazine groups is 1. The summed E-state index contributed by atoms with van der Waals surface area (Å²) in [6.45, 7) is 6.46. The number of nitrogens with one attached hydrogen (secondary N) is 1. The van der Waals surface area contributed by atoms with Crippen LogP contribution in [0, 0.1) is 20.8 Å². The predicted octanol–water partition coefficient (Wildman–Crippen LogP) is 3.62. The minimum atomic E-state index is -0.273. The van der Waals surface area contributed by atoms with E-state index < -0.39 is 0 Å². The molecule has 112 valence electrons. The molecule has 3 N–H and O–H groups in total. The number of carbonyl (C=O) groups is 1. The van der Waals surface area contributed by atoms with Crippen LogP contribution < -0.4 is 16.0 Å². The maximum atomic E-state index is 11.5. The van der Waals surface area contributed by atoms with Crippen LogP contribution in [0.4, 0.5) is 0 Å². The highest BCUT2D eigenvalue weighted by Gasteiger charge is 2.12. The van der Waals surface area contributed by atoms with E-state index in [1.807, 2.05) is 39.0 Å². The van der Waals surface area contributed by atoms with Crippen LogP contribution in [0.3, 0.4) is 0 Å². The summed E-state index contributed by atoms with van der Waals surface area (Å²) >= 11 is 4.95. The Kier molecular flexibility index (Phi) is 5.03. The van der Waals surface area contributed by atoms with Crippen LogP contribution in [0.1, 0.15) is 31.2 Å². The van der Waals surface area contributed by atoms with Gasteiger partial charge in [-0.1, -0.05) is 15.9 Å². The highest BCUT2D eigenvalue weighted by molar-refractivity contribution is 9.10. The molecular formula is C15H17BrN2O2S. The third-order valence-corrected chi connectivity index (χ3v) is 5.52. The molecule has 0 saturated heterocycles. The SMILES string of the molecule is Cc1cc(OCc2cc(C(=O)NN)sc2C)cc(C)c1Br. The predicted molar refractivity (Wildman–Crippen MR) is 88.7 cm³/mol. The Labute approximate surface area is 136 Å². The lowest BCUT2D eigenvalue weighted by atomic mass is 10.1. The fraction of sp³-hybridized carbons (Fsp3) is 0.267. The average Bonchev–Trinajstić information content (AvgIpc) is 2.82. The average molecular weight is 369 g/mol. The molecule has 0 spiro atoms. The van der Waals surface area contributed by atoms with Gasteiger partial charge in [0.1, 0.15) is 12.4 Å². The summed E-state index contributed by atoms with van der Waals surface area (Å²) in [7, 11) is 0. The second kappa shape index (κ2) is 6.60. The quantitative estimate of drug-likeness (QED) is 0.492. The molecule has 2 aromatic rings. The molecule has 0 saturated carbocycles. The fourth-order valence-corrected chi connectivity index (χ4v) is 3.16. The summed E-state index contributed by atoms with van der Waals surface area (Å²) in [6, 6.07) is 5.80. The van der Waals surface area contributed by atoms with E-state index in [0.717, 1.165) is 31.8 Å². The number of amides is 1. The molecule has 1 heterocycles. The van der Waals surface area contributed by atoms with Crippen molar-refractivity contribution in [3.63, 3.8) is 0 Å². The lowest BCUT2D eigenvalue weighted by molar-refractivity contribution is 0.0957. The molecule has 2 rings (SSSR count). The summed E-state index contributed by atoms with van der Waals surface area (Å²) in [5, 5.41) is 0. The van der Waals surface area contributed by atoms with E-state index >= 15 is 0 Å². The van der Waals surface area contributed by atoms with Gasteiger partial charge in [-0.2, -0.15) is 0 Å². The number of ether oxygens (including phenoxy) is 1. The van der Waals surface area contributed by atoms with Crippen LogP contribution in [0.25, 0.3) is 0 Å². The van der Waals surface area contributed by atoms with Gasteiger partial charge >= 0.3 is 0 Å². The van der Waals surface area contributed by atoms with Gasteiger partial charge in [-0.05, 0) is 50.1 Å². The number of hydrogen-bond acceptors (Lipinski definition) is 4. The highest BCUT2D eigenvalue weighted by Crippen LogP contribution is 2.28. The zero-order valence-electron chi connectivity index (χ0n) is 12.1. The van der Waals surface area contributed by atoms with Crippen molar-refractivity contribution in [2.75, 3.05) is 0 Å². The van der Waals surface area contributed by atoms with Gasteiger partial charge in [-0.15, -0.1) is 11.3 Å². The summed E-state index contributed by atoms with van der Waals surface area (Å²) < 4.78 is 6.94. The molecule has 0 aliphatic rings. The summed E-state index contributed by atoms with van der Waals surface area (Å²) in [5.74, 6) is 5.70. The van der Waals surface area contributed by atoms with E-state index in [1.165, 1.54) is 11.3 Å². The van der Waals surface area contributed by atoms with Crippen LogP contribution in [0.5, 0.6) is 5.75 Å².